The molecular weight excluding hydrogens is 689 g/mol. The number of halogens is 1. The first-order valence-corrected chi connectivity index (χ1v) is 17.9. The molecule has 4 atom stereocenters. The summed E-state index contributed by atoms with van der Waals surface area (Å²) in [6.07, 6.45) is 1.45. The molecule has 2 aliphatic carbocycles. The average Bonchev–Trinajstić information content (AvgIpc) is 3.97. The van der Waals surface area contributed by atoms with E-state index in [1.807, 2.05) is 0 Å². The Morgan fingerprint density at radius 1 is 1.08 bits per heavy atom. The summed E-state index contributed by atoms with van der Waals surface area (Å²) in [5.74, 6) is -4.65. The number of nitrogens with zero attached hydrogens (tertiary/aromatic N) is 2. The van der Waals surface area contributed by atoms with Crippen molar-refractivity contribution in [3.63, 3.8) is 0 Å². The second-order valence-corrected chi connectivity index (χ2v) is 15.1. The zero-order valence-corrected chi connectivity index (χ0v) is 28.3. The largest absolute Gasteiger partial charge is 0.465 e. The molecule has 4 unspecified atom stereocenters. The van der Waals surface area contributed by atoms with E-state index >= 15 is 4.39 Å². The molecule has 270 valence electrons. The van der Waals surface area contributed by atoms with E-state index in [1.165, 1.54) is 48.2 Å². The number of hydrogen-bond donors (Lipinski definition) is 4. The molecule has 0 radical (unpaired) electrons. The number of carboxylic acid groups (broad SMARTS) is 1. The van der Waals surface area contributed by atoms with Crippen LogP contribution in [0.5, 0.6) is 5.75 Å². The Hall–Kier alpha value is -5.32. The van der Waals surface area contributed by atoms with Crippen molar-refractivity contribution in [3.05, 3.63) is 77.1 Å². The highest BCUT2D eigenvalue weighted by atomic mass is 32.2. The number of fused-ring (bicyclic) bond motifs is 1. The second-order valence-electron chi connectivity index (χ2n) is 13.1. The van der Waals surface area contributed by atoms with Crippen molar-refractivity contribution in [2.24, 2.45) is 5.92 Å². The molecule has 2 aromatic rings. The summed E-state index contributed by atoms with van der Waals surface area (Å²) in [5.41, 5.74) is -1.14. The molecule has 15 nitrogen and oxygen atoms in total. The van der Waals surface area contributed by atoms with E-state index in [-0.39, 0.29) is 47.5 Å². The lowest BCUT2D eigenvalue weighted by Gasteiger charge is -2.24. The van der Waals surface area contributed by atoms with Gasteiger partial charge in [-0.3, -0.25) is 28.8 Å². The number of rotatable bonds is 11. The maximum Gasteiger partial charge on any atom is 0.408 e. The number of carbonyl (C=O) groups is 6. The van der Waals surface area contributed by atoms with Crippen LogP contribution in [-0.2, 0) is 31.0 Å². The van der Waals surface area contributed by atoms with E-state index in [9.17, 15) is 42.3 Å². The van der Waals surface area contributed by atoms with Crippen LogP contribution in [0.3, 0.4) is 0 Å². The quantitative estimate of drug-likeness (QED) is 0.151. The Kier molecular flexibility index (Phi) is 9.35. The highest BCUT2D eigenvalue weighted by Gasteiger charge is 2.61. The van der Waals surface area contributed by atoms with Crippen molar-refractivity contribution < 1.29 is 51.4 Å². The molecule has 5 amide bonds. The van der Waals surface area contributed by atoms with Crippen molar-refractivity contribution in [2.75, 3.05) is 19.6 Å². The highest BCUT2D eigenvalue weighted by molar-refractivity contribution is 7.91. The van der Waals surface area contributed by atoms with Crippen molar-refractivity contribution in [2.45, 2.75) is 61.9 Å². The summed E-state index contributed by atoms with van der Waals surface area (Å²) in [4.78, 5) is 78.4. The molecule has 2 heterocycles. The van der Waals surface area contributed by atoms with Crippen LogP contribution in [0.2, 0.25) is 0 Å². The number of likely N-dealkylation sites (tertiary alicyclic amines) is 1. The fourth-order valence-electron chi connectivity index (χ4n) is 6.78. The molecule has 3 fully saturated rings. The van der Waals surface area contributed by atoms with E-state index in [0.717, 1.165) is 4.90 Å². The van der Waals surface area contributed by atoms with Crippen LogP contribution in [0.25, 0.3) is 0 Å². The van der Waals surface area contributed by atoms with E-state index in [2.05, 4.69) is 21.9 Å². The minimum atomic E-state index is -3.85. The molecule has 0 aromatic heterocycles. The molecule has 2 aliphatic heterocycles. The number of para-hydroxylation sites is 1. The first-order valence-electron chi connectivity index (χ1n) is 16.3. The fraction of sp³-hybridized carbons (Fsp3) is 0.412. The Balaban J connectivity index is 1.13. The molecular formula is C34H36FN5O10S. The number of Topliss-reactive ketones (excluding diaryl/α,β-unsaturated/α-hetero) is 1. The minimum absolute atomic E-state index is 0.00184. The predicted octanol–water partition coefficient (Wildman–Crippen LogP) is 2.34. The van der Waals surface area contributed by atoms with Crippen LogP contribution in [0.15, 0.2) is 49.1 Å². The predicted molar refractivity (Wildman–Crippen MR) is 176 cm³/mol. The molecule has 2 aromatic carbocycles. The standard InChI is InChI=1S/C34H36FN5O10S/c1-3-20-14-34(20,31(44)38-51(48,49)21-8-9-21)37-32(45)39-13-12-19(16-39)22-10-11-23-25(28(22)35)17-40(33(46)47)29(23)26(42)15-36-30(43)24-6-4-5-7-27(24)50-18(2)41/h3-7,10-11,19-21,29H,1,8-9,12-17H2,2H3,(H,36,43)(H,37,45)(H,38,44)(H,46,47). The van der Waals surface area contributed by atoms with Gasteiger partial charge in [-0.25, -0.2) is 22.4 Å². The number of amides is 5. The average molecular weight is 726 g/mol. The smallest absolute Gasteiger partial charge is 0.408 e. The van der Waals surface area contributed by atoms with Crippen molar-refractivity contribution in [1.82, 2.24) is 25.2 Å². The number of ether oxygens (including phenoxy) is 1. The molecule has 17 heteroatoms. The number of carbonyl (C=O) groups excluding carboxylic acids is 5. The molecule has 4 aliphatic rings. The molecule has 2 saturated carbocycles. The summed E-state index contributed by atoms with van der Waals surface area (Å²) in [6.45, 7) is 4.08. The van der Waals surface area contributed by atoms with Gasteiger partial charge in [0.1, 0.15) is 23.1 Å². The topological polar surface area (TPSA) is 209 Å². The van der Waals surface area contributed by atoms with Crippen LogP contribution < -0.4 is 20.1 Å². The lowest BCUT2D eigenvalue weighted by molar-refractivity contribution is -0.132. The van der Waals surface area contributed by atoms with Gasteiger partial charge in [-0.2, -0.15) is 0 Å². The Morgan fingerprint density at radius 2 is 1.78 bits per heavy atom. The van der Waals surface area contributed by atoms with Gasteiger partial charge in [0.2, 0.25) is 10.0 Å². The molecule has 4 N–H and O–H groups in total. The van der Waals surface area contributed by atoms with Crippen LogP contribution >= 0.6 is 0 Å². The van der Waals surface area contributed by atoms with Gasteiger partial charge in [-0.1, -0.05) is 30.3 Å². The lowest BCUT2D eigenvalue weighted by atomic mass is 9.92. The maximum absolute atomic E-state index is 16.1. The number of esters is 1. The van der Waals surface area contributed by atoms with E-state index < -0.39 is 93.3 Å². The van der Waals surface area contributed by atoms with Crippen LogP contribution in [-0.4, -0.2) is 89.4 Å². The van der Waals surface area contributed by atoms with Gasteiger partial charge >= 0.3 is 18.1 Å². The molecule has 0 bridgehead atoms. The Bertz CT molecular complexity index is 1970. The Morgan fingerprint density at radius 3 is 2.43 bits per heavy atom. The third-order valence-electron chi connectivity index (χ3n) is 9.75. The molecule has 0 spiro atoms. The molecule has 1 saturated heterocycles. The minimum Gasteiger partial charge on any atom is -0.465 e. The number of benzene rings is 2. The highest BCUT2D eigenvalue weighted by Crippen LogP contribution is 2.46. The van der Waals surface area contributed by atoms with Crippen LogP contribution in [0.1, 0.15) is 71.6 Å². The van der Waals surface area contributed by atoms with E-state index in [0.29, 0.717) is 19.3 Å². The number of urea groups is 1. The first-order chi connectivity index (χ1) is 24.2. The van der Waals surface area contributed by atoms with Crippen molar-refractivity contribution in [3.8, 4) is 5.75 Å². The SMILES string of the molecule is C=CC1CC1(NC(=O)N1CCC(c2ccc3c(c2F)CN(C(=O)O)C3C(=O)CNC(=O)c2ccccc2OC(C)=O)C1)C(=O)NS(=O)(=O)C1CC1. The summed E-state index contributed by atoms with van der Waals surface area (Å²) < 4.78 is 48.1. The van der Waals surface area contributed by atoms with Crippen molar-refractivity contribution >= 4 is 45.7 Å². The van der Waals surface area contributed by atoms with Gasteiger partial charge < -0.3 is 25.4 Å². The summed E-state index contributed by atoms with van der Waals surface area (Å²) in [5, 5.41) is 14.4. The lowest BCUT2D eigenvalue weighted by Crippen LogP contribution is -2.55. The van der Waals surface area contributed by atoms with Gasteiger partial charge in [-0.15, -0.1) is 6.58 Å². The third kappa shape index (κ3) is 6.89. The Labute approximate surface area is 292 Å². The van der Waals surface area contributed by atoms with Crippen molar-refractivity contribution in [1.29, 1.82) is 0 Å². The van der Waals surface area contributed by atoms with Crippen LogP contribution in [0, 0.1) is 11.7 Å². The number of ketones is 1. The zero-order chi connectivity index (χ0) is 36.8. The normalized spacial score (nSPS) is 23.5. The maximum atomic E-state index is 16.1. The second kappa shape index (κ2) is 13.4. The fourth-order valence-corrected chi connectivity index (χ4v) is 8.15. The summed E-state index contributed by atoms with van der Waals surface area (Å²) >= 11 is 0. The van der Waals surface area contributed by atoms with Gasteiger partial charge in [-0.05, 0) is 48.9 Å². The number of nitrogens with one attached hydrogen (secondary N) is 3. The van der Waals surface area contributed by atoms with Crippen LogP contribution in [0.4, 0.5) is 14.0 Å². The summed E-state index contributed by atoms with van der Waals surface area (Å²) in [7, 11) is -3.85. The first kappa shape index (κ1) is 35.5. The number of hydrogen-bond acceptors (Lipinski definition) is 9. The third-order valence-corrected chi connectivity index (χ3v) is 11.6. The number of sulfonamides is 1. The molecule has 51 heavy (non-hydrogen) atoms. The van der Waals surface area contributed by atoms with Gasteiger partial charge in [0.15, 0.2) is 5.78 Å². The van der Waals surface area contributed by atoms with E-state index in [4.69, 9.17) is 4.74 Å². The van der Waals surface area contributed by atoms with Gasteiger partial charge in [0, 0.05) is 37.4 Å². The van der Waals surface area contributed by atoms with Gasteiger partial charge in [0.25, 0.3) is 11.8 Å². The molecule has 6 rings (SSSR count). The van der Waals surface area contributed by atoms with E-state index in [1.54, 1.807) is 6.07 Å². The summed E-state index contributed by atoms with van der Waals surface area (Å²) in [6, 6.07) is 6.77. The monoisotopic (exact) mass is 725 g/mol. The zero-order valence-electron chi connectivity index (χ0n) is 27.5. The van der Waals surface area contributed by atoms with Gasteiger partial charge in [0.05, 0.1) is 23.9 Å².